The molecule has 7 nitrogen and oxygen atoms in total. The summed E-state index contributed by atoms with van der Waals surface area (Å²) in [6.07, 6.45) is -0.864. The maximum atomic E-state index is 14.7. The van der Waals surface area contributed by atoms with Crippen molar-refractivity contribution in [2.24, 2.45) is 5.92 Å². The van der Waals surface area contributed by atoms with Crippen LogP contribution in [0.15, 0.2) is 42.9 Å². The number of alkyl halides is 5. The van der Waals surface area contributed by atoms with Crippen LogP contribution in [0.2, 0.25) is 0 Å². The number of anilines is 1. The van der Waals surface area contributed by atoms with Crippen LogP contribution in [0.3, 0.4) is 0 Å². The number of carbonyl (C=O) groups is 1. The van der Waals surface area contributed by atoms with E-state index in [2.05, 4.69) is 9.97 Å². The van der Waals surface area contributed by atoms with Crippen LogP contribution in [-0.2, 0) is 19.3 Å². The Bertz CT molecular complexity index is 1260. The molecule has 1 aliphatic carbocycles. The number of piperidine rings is 1. The van der Waals surface area contributed by atoms with Crippen molar-refractivity contribution in [3.63, 3.8) is 0 Å². The highest BCUT2D eigenvalue weighted by Crippen LogP contribution is 2.38. The normalized spacial score (nSPS) is 20.0. The first kappa shape index (κ1) is 24.3. The minimum absolute atomic E-state index is 0.0251. The van der Waals surface area contributed by atoms with Crippen LogP contribution in [0.25, 0.3) is 11.0 Å². The lowest BCUT2D eigenvalue weighted by Crippen LogP contribution is -2.51. The van der Waals surface area contributed by atoms with Crippen LogP contribution >= 0.6 is 0 Å². The number of benzene rings is 1. The zero-order chi connectivity index (χ0) is 25.7. The maximum absolute atomic E-state index is 14.7. The monoisotopic (exact) mass is 509 g/mol. The first-order valence-corrected chi connectivity index (χ1v) is 11.6. The molecule has 36 heavy (non-hydrogen) atoms. The van der Waals surface area contributed by atoms with E-state index in [0.29, 0.717) is 29.0 Å². The lowest BCUT2D eigenvalue weighted by atomic mass is 9.93. The van der Waals surface area contributed by atoms with Gasteiger partial charge in [-0.05, 0) is 43.0 Å². The second-order valence-corrected chi connectivity index (χ2v) is 9.41. The Balaban J connectivity index is 1.39. The molecule has 3 heterocycles. The summed E-state index contributed by atoms with van der Waals surface area (Å²) >= 11 is 0. The molecule has 1 N–H and O–H groups in total. The fraction of sp³-hybridized carbons (Fsp3) is 0.458. The number of rotatable bonds is 6. The van der Waals surface area contributed by atoms with E-state index in [4.69, 9.17) is 5.11 Å². The highest BCUT2D eigenvalue weighted by Gasteiger charge is 2.46. The van der Waals surface area contributed by atoms with Crippen molar-refractivity contribution in [2.45, 2.75) is 50.5 Å². The number of halogens is 5. The van der Waals surface area contributed by atoms with Gasteiger partial charge >= 0.3 is 12.3 Å². The predicted molar refractivity (Wildman–Crippen MR) is 121 cm³/mol. The Labute approximate surface area is 203 Å². The summed E-state index contributed by atoms with van der Waals surface area (Å²) in [6.45, 7) is -0.471. The van der Waals surface area contributed by atoms with Gasteiger partial charge in [-0.2, -0.15) is 13.2 Å². The number of aromatic nitrogens is 3. The van der Waals surface area contributed by atoms with Crippen molar-refractivity contribution < 1.29 is 31.9 Å². The summed E-state index contributed by atoms with van der Waals surface area (Å²) in [5.74, 6) is -3.62. The van der Waals surface area contributed by atoms with Crippen LogP contribution in [0, 0.1) is 5.92 Å². The SMILES string of the molecule is O=C(O)N1CCC(Cn2ccc3c(N(Cc4ccc(C(F)(F)F)cc4)C4CC4)ncnc32)C(F)(F)C1. The van der Waals surface area contributed by atoms with Crippen LogP contribution in [0.5, 0.6) is 0 Å². The third-order valence-corrected chi connectivity index (χ3v) is 6.86. The molecule has 3 aromatic rings. The summed E-state index contributed by atoms with van der Waals surface area (Å²) in [6, 6.07) is 6.96. The quantitative estimate of drug-likeness (QED) is 0.460. The first-order valence-electron chi connectivity index (χ1n) is 11.6. The molecule has 192 valence electrons. The fourth-order valence-corrected chi connectivity index (χ4v) is 4.74. The summed E-state index contributed by atoms with van der Waals surface area (Å²) < 4.78 is 69.8. The lowest BCUT2D eigenvalue weighted by molar-refractivity contribution is -0.137. The Hall–Kier alpha value is -3.44. The highest BCUT2D eigenvalue weighted by atomic mass is 19.4. The largest absolute Gasteiger partial charge is 0.465 e. The smallest absolute Gasteiger partial charge is 0.416 e. The van der Waals surface area contributed by atoms with Crippen molar-refractivity contribution in [1.29, 1.82) is 0 Å². The Morgan fingerprint density at radius 2 is 1.83 bits per heavy atom. The van der Waals surface area contributed by atoms with Crippen molar-refractivity contribution in [3.05, 3.63) is 54.0 Å². The van der Waals surface area contributed by atoms with Crippen molar-refractivity contribution in [3.8, 4) is 0 Å². The number of nitrogens with zero attached hydrogens (tertiary/aromatic N) is 5. The van der Waals surface area contributed by atoms with Gasteiger partial charge in [0.15, 0.2) is 0 Å². The molecule has 5 rings (SSSR count). The number of likely N-dealkylation sites (tertiary alicyclic amines) is 1. The third kappa shape index (κ3) is 4.80. The van der Waals surface area contributed by atoms with Crippen molar-refractivity contribution >= 4 is 22.9 Å². The second-order valence-electron chi connectivity index (χ2n) is 9.41. The zero-order valence-electron chi connectivity index (χ0n) is 19.1. The van der Waals surface area contributed by atoms with Gasteiger partial charge in [0.25, 0.3) is 5.92 Å². The molecule has 12 heteroatoms. The van der Waals surface area contributed by atoms with Crippen LogP contribution in [0.4, 0.5) is 32.6 Å². The molecule has 2 fully saturated rings. The van der Waals surface area contributed by atoms with E-state index >= 15 is 0 Å². The molecule has 0 spiro atoms. The Morgan fingerprint density at radius 1 is 1.11 bits per heavy atom. The first-order chi connectivity index (χ1) is 17.0. The van der Waals surface area contributed by atoms with Crippen LogP contribution in [0.1, 0.15) is 30.4 Å². The van der Waals surface area contributed by atoms with Gasteiger partial charge in [0.2, 0.25) is 0 Å². The molecule has 1 aromatic carbocycles. The number of hydrogen-bond acceptors (Lipinski definition) is 4. The van der Waals surface area contributed by atoms with Gasteiger partial charge in [0.1, 0.15) is 17.8 Å². The molecule has 2 aromatic heterocycles. The fourth-order valence-electron chi connectivity index (χ4n) is 4.74. The topological polar surface area (TPSA) is 74.5 Å². The average Bonchev–Trinajstić information content (AvgIpc) is 3.58. The summed E-state index contributed by atoms with van der Waals surface area (Å²) in [7, 11) is 0. The predicted octanol–water partition coefficient (Wildman–Crippen LogP) is 5.25. The molecule has 1 amide bonds. The van der Waals surface area contributed by atoms with Crippen LogP contribution < -0.4 is 4.90 Å². The van der Waals surface area contributed by atoms with E-state index < -0.39 is 36.2 Å². The van der Waals surface area contributed by atoms with Crippen molar-refractivity contribution in [1.82, 2.24) is 19.4 Å². The van der Waals surface area contributed by atoms with Gasteiger partial charge in [0, 0.05) is 37.8 Å². The van der Waals surface area contributed by atoms with Gasteiger partial charge < -0.3 is 19.5 Å². The van der Waals surface area contributed by atoms with E-state index in [0.717, 1.165) is 29.9 Å². The number of fused-ring (bicyclic) bond motifs is 1. The number of amides is 1. The van der Waals surface area contributed by atoms with Gasteiger partial charge in [-0.1, -0.05) is 12.1 Å². The van der Waals surface area contributed by atoms with Gasteiger partial charge in [-0.15, -0.1) is 0 Å². The summed E-state index contributed by atoms with van der Waals surface area (Å²) in [4.78, 5) is 22.6. The van der Waals surface area contributed by atoms with Crippen LogP contribution in [-0.4, -0.2) is 55.7 Å². The highest BCUT2D eigenvalue weighted by molar-refractivity contribution is 5.88. The summed E-state index contributed by atoms with van der Waals surface area (Å²) in [5.41, 5.74) is 0.470. The van der Waals surface area contributed by atoms with E-state index in [9.17, 15) is 26.7 Å². The maximum Gasteiger partial charge on any atom is 0.416 e. The minimum Gasteiger partial charge on any atom is -0.465 e. The molecule has 1 saturated carbocycles. The summed E-state index contributed by atoms with van der Waals surface area (Å²) in [5, 5.41) is 9.73. The van der Waals surface area contributed by atoms with E-state index in [-0.39, 0.29) is 25.6 Å². The molecule has 1 atom stereocenters. The lowest BCUT2D eigenvalue weighted by Gasteiger charge is -2.37. The third-order valence-electron chi connectivity index (χ3n) is 6.86. The molecule has 0 radical (unpaired) electrons. The second kappa shape index (κ2) is 8.90. The minimum atomic E-state index is -4.41. The molecule has 1 aliphatic heterocycles. The molecular formula is C24H24F5N5O2. The number of hydrogen-bond donors (Lipinski definition) is 1. The van der Waals surface area contributed by atoms with E-state index in [1.807, 2.05) is 4.90 Å². The molecule has 1 unspecified atom stereocenters. The van der Waals surface area contributed by atoms with E-state index in [1.165, 1.54) is 18.5 Å². The Kier molecular flexibility index (Phi) is 6.00. The zero-order valence-corrected chi connectivity index (χ0v) is 19.1. The van der Waals surface area contributed by atoms with Gasteiger partial charge in [-0.25, -0.2) is 23.5 Å². The molecule has 2 aliphatic rings. The molecular weight excluding hydrogens is 485 g/mol. The van der Waals surface area contributed by atoms with Gasteiger partial charge in [0.05, 0.1) is 17.5 Å². The number of carboxylic acid groups (broad SMARTS) is 1. The Morgan fingerprint density at radius 3 is 2.44 bits per heavy atom. The molecule has 0 bridgehead atoms. The average molecular weight is 509 g/mol. The standard InChI is InChI=1S/C24H24F5N5O2/c25-23(26)13-33(22(35)36)9-7-17(23)12-32-10-8-19-20(32)30-14-31-21(19)34(18-5-6-18)11-15-1-3-16(4-2-15)24(27,28)29/h1-4,8,10,14,17-18H,5-7,9,11-13H2,(H,35,36). The van der Waals surface area contributed by atoms with Gasteiger partial charge in [-0.3, -0.25) is 0 Å². The molecule has 1 saturated heterocycles. The van der Waals surface area contributed by atoms with E-state index in [1.54, 1.807) is 16.8 Å². The van der Waals surface area contributed by atoms with Crippen molar-refractivity contribution in [2.75, 3.05) is 18.0 Å².